The van der Waals surface area contributed by atoms with Gasteiger partial charge in [-0.25, -0.2) is 4.79 Å². The fourth-order valence-corrected chi connectivity index (χ4v) is 2.53. The van der Waals surface area contributed by atoms with E-state index in [9.17, 15) is 14.7 Å². The van der Waals surface area contributed by atoms with Gasteiger partial charge in [0.25, 0.3) is 0 Å². The summed E-state index contributed by atoms with van der Waals surface area (Å²) in [6.45, 7) is 7.09. The first-order valence-electron chi connectivity index (χ1n) is 6.91. The number of carboxylic acid groups (broad SMARTS) is 1. The molecule has 1 amide bonds. The Bertz CT molecular complexity index is 456. The second-order valence-electron chi connectivity index (χ2n) is 5.42. The van der Waals surface area contributed by atoms with Gasteiger partial charge in [-0.3, -0.25) is 4.79 Å². The fourth-order valence-electron chi connectivity index (χ4n) is 2.53. The van der Waals surface area contributed by atoms with E-state index in [0.717, 1.165) is 5.56 Å². The Balaban J connectivity index is 2.92. The van der Waals surface area contributed by atoms with Crippen LogP contribution in [-0.4, -0.2) is 34.0 Å². The Morgan fingerprint density at radius 2 is 1.70 bits per heavy atom. The van der Waals surface area contributed by atoms with Crippen LogP contribution in [0, 0.1) is 0 Å². The molecule has 0 heterocycles. The van der Waals surface area contributed by atoms with Crippen molar-refractivity contribution in [2.75, 3.05) is 0 Å². The number of carboxylic acids is 1. The van der Waals surface area contributed by atoms with Crippen molar-refractivity contribution in [1.29, 1.82) is 0 Å². The zero-order chi connectivity index (χ0) is 15.3. The van der Waals surface area contributed by atoms with Gasteiger partial charge in [0.15, 0.2) is 0 Å². The minimum absolute atomic E-state index is 0.0814. The Morgan fingerprint density at radius 3 is 2.10 bits per heavy atom. The lowest BCUT2D eigenvalue weighted by Gasteiger charge is -2.33. The van der Waals surface area contributed by atoms with Crippen LogP contribution < -0.4 is 0 Å². The number of hydrogen-bond acceptors (Lipinski definition) is 2. The average molecular weight is 277 g/mol. The molecule has 0 spiro atoms. The monoisotopic (exact) mass is 277 g/mol. The summed E-state index contributed by atoms with van der Waals surface area (Å²) in [4.78, 5) is 24.7. The molecule has 0 radical (unpaired) electrons. The number of carbonyl (C=O) groups is 2. The molecule has 1 rings (SSSR count). The Labute approximate surface area is 120 Å². The van der Waals surface area contributed by atoms with Gasteiger partial charge < -0.3 is 10.0 Å². The first-order chi connectivity index (χ1) is 9.34. The molecule has 0 aliphatic heterocycles. The van der Waals surface area contributed by atoms with Crippen LogP contribution in [0.5, 0.6) is 0 Å². The van der Waals surface area contributed by atoms with Crippen LogP contribution in [0.4, 0.5) is 0 Å². The number of amides is 1. The molecule has 20 heavy (non-hydrogen) atoms. The van der Waals surface area contributed by atoms with Crippen LogP contribution in [0.3, 0.4) is 0 Å². The first kappa shape index (κ1) is 16.2. The van der Waals surface area contributed by atoms with Crippen LogP contribution in [0.25, 0.3) is 0 Å². The average Bonchev–Trinajstić information content (AvgIpc) is 2.37. The van der Waals surface area contributed by atoms with E-state index in [0.29, 0.717) is 6.42 Å². The molecule has 0 fully saturated rings. The summed E-state index contributed by atoms with van der Waals surface area (Å²) in [5, 5.41) is 9.44. The largest absolute Gasteiger partial charge is 0.480 e. The molecule has 0 aliphatic carbocycles. The Kier molecular flexibility index (Phi) is 5.74. The van der Waals surface area contributed by atoms with Crippen molar-refractivity contribution in [3.05, 3.63) is 35.9 Å². The molecule has 4 nitrogen and oxygen atoms in total. The molecule has 0 aromatic heterocycles. The quantitative estimate of drug-likeness (QED) is 0.869. The van der Waals surface area contributed by atoms with Gasteiger partial charge in [-0.05, 0) is 31.7 Å². The fraction of sp³-hybridized carbons (Fsp3) is 0.500. The van der Waals surface area contributed by atoms with Crippen molar-refractivity contribution < 1.29 is 14.7 Å². The summed E-state index contributed by atoms with van der Waals surface area (Å²) < 4.78 is 0. The second-order valence-corrected chi connectivity index (χ2v) is 5.42. The van der Waals surface area contributed by atoms with Crippen molar-refractivity contribution in [2.45, 2.75) is 52.1 Å². The van der Waals surface area contributed by atoms with Crippen LogP contribution >= 0.6 is 0 Å². The number of nitrogens with zero attached hydrogens (tertiary/aromatic N) is 1. The number of aliphatic carboxylic acids is 1. The third-order valence-electron chi connectivity index (χ3n) is 3.49. The van der Waals surface area contributed by atoms with Gasteiger partial charge in [-0.1, -0.05) is 37.3 Å². The van der Waals surface area contributed by atoms with Crippen LogP contribution in [0.2, 0.25) is 0 Å². The molecule has 1 N–H and O–H groups in total. The highest BCUT2D eigenvalue weighted by Gasteiger charge is 2.31. The highest BCUT2D eigenvalue weighted by atomic mass is 16.4. The molecule has 2 atom stereocenters. The molecule has 2 unspecified atom stereocenters. The van der Waals surface area contributed by atoms with E-state index in [4.69, 9.17) is 0 Å². The molecule has 0 saturated carbocycles. The first-order valence-corrected chi connectivity index (χ1v) is 6.91. The van der Waals surface area contributed by atoms with Crippen molar-refractivity contribution in [3.8, 4) is 0 Å². The van der Waals surface area contributed by atoms with E-state index in [1.807, 2.05) is 51.1 Å². The van der Waals surface area contributed by atoms with Crippen molar-refractivity contribution in [3.63, 3.8) is 0 Å². The lowest BCUT2D eigenvalue weighted by atomic mass is 9.92. The summed E-state index contributed by atoms with van der Waals surface area (Å²) >= 11 is 0. The SMILES string of the molecule is CC(=O)N(C(C)C)C(CC(C)c1ccccc1)C(=O)O. The Morgan fingerprint density at radius 1 is 1.15 bits per heavy atom. The van der Waals surface area contributed by atoms with Crippen LogP contribution in [0.1, 0.15) is 45.6 Å². The molecule has 4 heteroatoms. The molecular weight excluding hydrogens is 254 g/mol. The molecule has 1 aromatic rings. The molecule has 0 aliphatic rings. The van der Waals surface area contributed by atoms with Gasteiger partial charge in [0.05, 0.1) is 0 Å². The third kappa shape index (κ3) is 4.08. The number of benzene rings is 1. The van der Waals surface area contributed by atoms with Crippen molar-refractivity contribution >= 4 is 11.9 Å². The van der Waals surface area contributed by atoms with Gasteiger partial charge in [0, 0.05) is 13.0 Å². The minimum atomic E-state index is -0.948. The molecule has 0 bridgehead atoms. The van der Waals surface area contributed by atoms with Gasteiger partial charge >= 0.3 is 5.97 Å². The number of carbonyl (C=O) groups excluding carboxylic acids is 1. The predicted molar refractivity (Wildman–Crippen MR) is 78.6 cm³/mol. The zero-order valence-electron chi connectivity index (χ0n) is 12.5. The standard InChI is InChI=1S/C16H23NO3/c1-11(2)17(13(4)18)15(16(19)20)10-12(3)14-8-6-5-7-9-14/h5-9,11-12,15H,10H2,1-4H3,(H,19,20). The van der Waals surface area contributed by atoms with Crippen LogP contribution in [0.15, 0.2) is 30.3 Å². The lowest BCUT2D eigenvalue weighted by molar-refractivity contribution is -0.151. The minimum Gasteiger partial charge on any atom is -0.480 e. The van der Waals surface area contributed by atoms with E-state index in [1.54, 1.807) is 0 Å². The maximum absolute atomic E-state index is 11.7. The summed E-state index contributed by atoms with van der Waals surface area (Å²) in [5.74, 6) is -1.07. The van der Waals surface area contributed by atoms with Crippen LogP contribution in [-0.2, 0) is 9.59 Å². The molecule has 0 saturated heterocycles. The topological polar surface area (TPSA) is 57.6 Å². The molecule has 110 valence electrons. The summed E-state index contributed by atoms with van der Waals surface area (Å²) in [6, 6.07) is 8.86. The van der Waals surface area contributed by atoms with E-state index in [1.165, 1.54) is 11.8 Å². The highest BCUT2D eigenvalue weighted by Crippen LogP contribution is 2.24. The molecule has 1 aromatic carbocycles. The Hall–Kier alpha value is -1.84. The van der Waals surface area contributed by atoms with E-state index in [2.05, 4.69) is 0 Å². The van der Waals surface area contributed by atoms with Gasteiger partial charge in [-0.15, -0.1) is 0 Å². The summed E-state index contributed by atoms with van der Waals surface area (Å²) in [5.41, 5.74) is 1.09. The normalized spacial score (nSPS) is 13.8. The second kappa shape index (κ2) is 7.08. The maximum Gasteiger partial charge on any atom is 0.326 e. The highest BCUT2D eigenvalue weighted by molar-refractivity contribution is 5.82. The van der Waals surface area contributed by atoms with E-state index < -0.39 is 12.0 Å². The number of hydrogen-bond donors (Lipinski definition) is 1. The van der Waals surface area contributed by atoms with E-state index >= 15 is 0 Å². The maximum atomic E-state index is 11.7. The van der Waals surface area contributed by atoms with Crippen molar-refractivity contribution in [2.24, 2.45) is 0 Å². The predicted octanol–water partition coefficient (Wildman–Crippen LogP) is 2.89. The zero-order valence-corrected chi connectivity index (χ0v) is 12.5. The van der Waals surface area contributed by atoms with Crippen molar-refractivity contribution in [1.82, 2.24) is 4.90 Å². The van der Waals surface area contributed by atoms with Gasteiger partial charge in [0.1, 0.15) is 6.04 Å². The van der Waals surface area contributed by atoms with Gasteiger partial charge in [0.2, 0.25) is 5.91 Å². The molecular formula is C16H23NO3. The van der Waals surface area contributed by atoms with Gasteiger partial charge in [-0.2, -0.15) is 0 Å². The summed E-state index contributed by atoms with van der Waals surface area (Å²) in [7, 11) is 0. The third-order valence-corrected chi connectivity index (χ3v) is 3.49. The number of rotatable bonds is 6. The summed E-state index contributed by atoms with van der Waals surface area (Å²) in [6.07, 6.45) is 0.414. The smallest absolute Gasteiger partial charge is 0.326 e. The lowest BCUT2D eigenvalue weighted by Crippen LogP contribution is -2.48. The van der Waals surface area contributed by atoms with E-state index in [-0.39, 0.29) is 17.9 Å².